The maximum Gasteiger partial charge on any atom is 0.257 e. The van der Waals surface area contributed by atoms with Crippen molar-refractivity contribution in [2.45, 2.75) is 6.04 Å². The molecular weight excluding hydrogens is 410 g/mol. The zero-order valence-electron chi connectivity index (χ0n) is 17.2. The highest BCUT2D eigenvalue weighted by Gasteiger charge is 2.29. The van der Waals surface area contributed by atoms with Crippen LogP contribution in [-0.2, 0) is 0 Å². The van der Waals surface area contributed by atoms with E-state index in [9.17, 15) is 4.79 Å². The summed E-state index contributed by atoms with van der Waals surface area (Å²) in [6, 6.07) is 9.76. The third-order valence-electron chi connectivity index (χ3n) is 5.42. The number of nitrogens with one attached hydrogen (secondary N) is 1. The number of carbonyl (C=O) groups excluding carboxylic acids is 1. The molecule has 1 fully saturated rings. The van der Waals surface area contributed by atoms with Gasteiger partial charge in [-0.05, 0) is 38.4 Å². The van der Waals surface area contributed by atoms with E-state index in [0.717, 1.165) is 40.4 Å². The Labute approximate surface area is 183 Å². The number of carbonyl (C=O) groups is 1. The summed E-state index contributed by atoms with van der Waals surface area (Å²) < 4.78 is 0. The lowest BCUT2D eigenvalue weighted by atomic mass is 10.1. The Balaban J connectivity index is 1.34. The number of fused-ring (bicyclic) bond motifs is 1. The predicted octanol–water partition coefficient (Wildman–Crippen LogP) is 3.15. The van der Waals surface area contributed by atoms with E-state index >= 15 is 0 Å². The predicted molar refractivity (Wildman–Crippen MR) is 123 cm³/mol. The van der Waals surface area contributed by atoms with Gasteiger partial charge in [-0.1, -0.05) is 0 Å². The van der Waals surface area contributed by atoms with Crippen LogP contribution >= 0.6 is 11.3 Å². The molecule has 0 radical (unpaired) electrons. The van der Waals surface area contributed by atoms with E-state index in [0.29, 0.717) is 17.4 Å². The largest absolute Gasteiger partial charge is 0.353 e. The van der Waals surface area contributed by atoms with Crippen molar-refractivity contribution in [3.63, 3.8) is 0 Å². The fourth-order valence-electron chi connectivity index (χ4n) is 3.45. The fraction of sp³-hybridized carbons (Fsp3) is 0.227. The molecule has 1 saturated heterocycles. The molecule has 5 heterocycles. The highest BCUT2D eigenvalue weighted by molar-refractivity contribution is 7.13. The molecule has 8 nitrogen and oxygen atoms in total. The number of amides is 1. The number of thiazole rings is 1. The smallest absolute Gasteiger partial charge is 0.257 e. The van der Waals surface area contributed by atoms with Crippen LogP contribution in [0.4, 0.5) is 11.6 Å². The van der Waals surface area contributed by atoms with Crippen molar-refractivity contribution in [1.29, 1.82) is 0 Å². The molecule has 0 atom stereocenters. The van der Waals surface area contributed by atoms with Crippen molar-refractivity contribution < 1.29 is 4.79 Å². The Morgan fingerprint density at radius 1 is 1.16 bits per heavy atom. The Bertz CT molecular complexity index is 1240. The summed E-state index contributed by atoms with van der Waals surface area (Å²) in [5.74, 6) is 1.05. The molecule has 0 aromatic carbocycles. The van der Waals surface area contributed by atoms with Crippen LogP contribution in [0.2, 0.25) is 0 Å². The Kier molecular flexibility index (Phi) is 5.05. The summed E-state index contributed by atoms with van der Waals surface area (Å²) in [6.07, 6.45) is 5.18. The van der Waals surface area contributed by atoms with Crippen LogP contribution in [0.5, 0.6) is 0 Å². The average Bonchev–Trinajstić information content (AvgIpc) is 3.27. The number of hydrogen-bond acceptors (Lipinski definition) is 8. The van der Waals surface area contributed by atoms with Crippen molar-refractivity contribution in [3.05, 3.63) is 60.0 Å². The third kappa shape index (κ3) is 3.97. The first-order valence-electron chi connectivity index (χ1n) is 9.91. The highest BCUT2D eigenvalue weighted by atomic mass is 32.1. The van der Waals surface area contributed by atoms with E-state index in [1.165, 1.54) is 11.3 Å². The van der Waals surface area contributed by atoms with E-state index in [1.54, 1.807) is 36.2 Å². The van der Waals surface area contributed by atoms with Crippen molar-refractivity contribution in [2.24, 2.45) is 0 Å². The topological polar surface area (TPSA) is 87.1 Å². The van der Waals surface area contributed by atoms with Gasteiger partial charge in [-0.3, -0.25) is 9.78 Å². The average molecular weight is 432 g/mol. The second kappa shape index (κ2) is 8.01. The van der Waals surface area contributed by atoms with Gasteiger partial charge in [-0.2, -0.15) is 0 Å². The molecule has 31 heavy (non-hydrogen) atoms. The van der Waals surface area contributed by atoms with Crippen LogP contribution in [0, 0.1) is 0 Å². The molecule has 1 amide bonds. The van der Waals surface area contributed by atoms with Crippen LogP contribution in [0.25, 0.3) is 21.5 Å². The van der Waals surface area contributed by atoms with Crippen LogP contribution in [0.1, 0.15) is 10.4 Å². The maximum atomic E-state index is 12.8. The molecule has 0 unspecified atom stereocenters. The minimum Gasteiger partial charge on any atom is -0.353 e. The number of anilines is 2. The minimum atomic E-state index is -0.223. The molecule has 1 aliphatic rings. The number of pyridine rings is 3. The van der Waals surface area contributed by atoms with Gasteiger partial charge in [0.15, 0.2) is 0 Å². The highest BCUT2D eigenvalue weighted by Crippen LogP contribution is 2.25. The van der Waals surface area contributed by atoms with Crippen molar-refractivity contribution >= 4 is 39.8 Å². The van der Waals surface area contributed by atoms with E-state index in [1.807, 2.05) is 18.2 Å². The minimum absolute atomic E-state index is 0.223. The fourth-order valence-corrected chi connectivity index (χ4v) is 4.05. The Morgan fingerprint density at radius 2 is 2.03 bits per heavy atom. The molecule has 0 bridgehead atoms. The van der Waals surface area contributed by atoms with Crippen LogP contribution in [0.15, 0.2) is 54.4 Å². The Morgan fingerprint density at radius 3 is 2.81 bits per heavy atom. The summed E-state index contributed by atoms with van der Waals surface area (Å²) in [4.78, 5) is 35.8. The summed E-state index contributed by atoms with van der Waals surface area (Å²) >= 11 is 1.54. The maximum absolute atomic E-state index is 12.8. The first kappa shape index (κ1) is 19.5. The van der Waals surface area contributed by atoms with Crippen LogP contribution < -0.4 is 10.2 Å². The van der Waals surface area contributed by atoms with Crippen LogP contribution in [0.3, 0.4) is 0 Å². The number of aromatic nitrogens is 4. The second-order valence-corrected chi connectivity index (χ2v) is 8.59. The van der Waals surface area contributed by atoms with Gasteiger partial charge in [0.25, 0.3) is 5.91 Å². The van der Waals surface area contributed by atoms with Gasteiger partial charge in [0, 0.05) is 54.7 Å². The molecule has 1 N–H and O–H groups in total. The van der Waals surface area contributed by atoms with Crippen molar-refractivity contribution in [2.75, 3.05) is 37.4 Å². The number of nitrogens with zero attached hydrogens (tertiary/aromatic N) is 6. The monoisotopic (exact) mass is 431 g/mol. The molecule has 0 aliphatic carbocycles. The van der Waals surface area contributed by atoms with Gasteiger partial charge < -0.3 is 15.1 Å². The summed E-state index contributed by atoms with van der Waals surface area (Å²) in [5, 5.41) is 3.79. The normalized spacial score (nSPS) is 14.1. The molecule has 156 valence electrons. The standard InChI is InChI=1S/C22H21N7OS/c1-28(2)16-11-29(12-16)21-7-14(5-6-24-21)22(30)27-20-8-18-15(9-25-20)3-4-17(26-18)19-10-23-13-31-19/h3-10,13,16H,11-12H2,1-2H3,(H,25,27,30). The van der Waals surface area contributed by atoms with Gasteiger partial charge in [-0.25, -0.2) is 15.0 Å². The number of likely N-dealkylation sites (N-methyl/N-ethyl adjacent to an activating group) is 1. The lowest BCUT2D eigenvalue weighted by Crippen LogP contribution is -2.57. The molecule has 9 heteroatoms. The lowest BCUT2D eigenvalue weighted by Gasteiger charge is -2.43. The first-order valence-corrected chi connectivity index (χ1v) is 10.8. The van der Waals surface area contributed by atoms with E-state index in [-0.39, 0.29) is 5.91 Å². The zero-order valence-corrected chi connectivity index (χ0v) is 18.0. The lowest BCUT2D eigenvalue weighted by molar-refractivity contribution is 0.102. The molecule has 1 aliphatic heterocycles. The Hall–Kier alpha value is -3.43. The van der Waals surface area contributed by atoms with Crippen LogP contribution in [-0.4, -0.2) is 64.0 Å². The van der Waals surface area contributed by atoms with Gasteiger partial charge >= 0.3 is 0 Å². The SMILES string of the molecule is CN(C)C1CN(c2cc(C(=O)Nc3cc4nc(-c5cncs5)ccc4cn3)ccn2)C1. The van der Waals surface area contributed by atoms with E-state index in [2.05, 4.69) is 44.2 Å². The number of rotatable bonds is 5. The molecule has 4 aromatic rings. The zero-order chi connectivity index (χ0) is 21.4. The van der Waals surface area contributed by atoms with Gasteiger partial charge in [0.2, 0.25) is 0 Å². The summed E-state index contributed by atoms with van der Waals surface area (Å²) in [7, 11) is 4.15. The molecule has 0 spiro atoms. The van der Waals surface area contributed by atoms with Gasteiger partial charge in [-0.15, -0.1) is 11.3 Å². The molecule has 0 saturated carbocycles. The summed E-state index contributed by atoms with van der Waals surface area (Å²) in [5.41, 5.74) is 3.94. The van der Waals surface area contributed by atoms with E-state index in [4.69, 9.17) is 4.98 Å². The van der Waals surface area contributed by atoms with E-state index < -0.39 is 0 Å². The molecule has 5 rings (SSSR count). The molecule has 4 aromatic heterocycles. The second-order valence-electron chi connectivity index (χ2n) is 7.70. The van der Waals surface area contributed by atoms with Crippen molar-refractivity contribution in [3.8, 4) is 10.6 Å². The summed E-state index contributed by atoms with van der Waals surface area (Å²) in [6.45, 7) is 1.82. The van der Waals surface area contributed by atoms with Gasteiger partial charge in [0.05, 0.1) is 21.6 Å². The third-order valence-corrected chi connectivity index (χ3v) is 6.22. The van der Waals surface area contributed by atoms with Crippen molar-refractivity contribution in [1.82, 2.24) is 24.8 Å². The molecular formula is C22H21N7OS. The number of hydrogen-bond donors (Lipinski definition) is 1. The first-order chi connectivity index (χ1) is 15.1. The van der Waals surface area contributed by atoms with Gasteiger partial charge in [0.1, 0.15) is 11.6 Å². The quantitative estimate of drug-likeness (QED) is 0.519.